The summed E-state index contributed by atoms with van der Waals surface area (Å²) >= 11 is 6.14. The quantitative estimate of drug-likeness (QED) is 0.583. The maximum Gasteiger partial charge on any atom is 0.199 e. The summed E-state index contributed by atoms with van der Waals surface area (Å²) in [4.78, 5) is 9.54. The average molecular weight is 405 g/mol. The van der Waals surface area contributed by atoms with Crippen molar-refractivity contribution in [3.05, 3.63) is 53.1 Å². The van der Waals surface area contributed by atoms with Crippen LogP contribution in [-0.4, -0.2) is 49.0 Å². The molecule has 1 atom stereocenters. The molecule has 0 aliphatic carbocycles. The number of benzene rings is 1. The minimum Gasteiger partial charge on any atom is -0.340 e. The third-order valence-electron chi connectivity index (χ3n) is 4.02. The number of likely N-dealkylation sites (N-methyl/N-ethyl adjacent to an activating group) is 1. The molecule has 1 aromatic rings. The Hall–Kier alpha value is -1.78. The lowest BCUT2D eigenvalue weighted by molar-refractivity contribution is 0.214. The predicted octanol–water partition coefficient (Wildman–Crippen LogP) is 5.98. The third-order valence-corrected chi connectivity index (χ3v) is 4.25. The van der Waals surface area contributed by atoms with Crippen LogP contribution in [0.3, 0.4) is 0 Å². The van der Waals surface area contributed by atoms with Gasteiger partial charge in [-0.15, -0.1) is 6.58 Å². The van der Waals surface area contributed by atoms with E-state index in [9.17, 15) is 0 Å². The van der Waals surface area contributed by atoms with E-state index in [0.717, 1.165) is 42.8 Å². The molecule has 1 aromatic carbocycles. The second-order valence-electron chi connectivity index (χ2n) is 7.48. The first-order valence-corrected chi connectivity index (χ1v) is 10.5. The molecule has 0 radical (unpaired) electrons. The number of anilines is 1. The van der Waals surface area contributed by atoms with E-state index >= 15 is 0 Å². The van der Waals surface area contributed by atoms with Gasteiger partial charge in [0.2, 0.25) is 0 Å². The minimum atomic E-state index is 0.0678. The Bertz CT molecular complexity index is 669. The van der Waals surface area contributed by atoms with Crippen molar-refractivity contribution in [2.45, 2.75) is 47.1 Å². The Balaban J connectivity index is 0.000000489. The van der Waals surface area contributed by atoms with E-state index < -0.39 is 0 Å². The third kappa shape index (κ3) is 8.07. The lowest BCUT2D eigenvalue weighted by Crippen LogP contribution is -2.50. The number of guanidine groups is 1. The molecular weight excluding hydrogens is 368 g/mol. The van der Waals surface area contributed by atoms with Crippen LogP contribution in [0.25, 0.3) is 0 Å². The molecule has 5 heteroatoms. The molecule has 28 heavy (non-hydrogen) atoms. The van der Waals surface area contributed by atoms with Crippen LogP contribution in [0, 0.1) is 0 Å². The Morgan fingerprint density at radius 2 is 1.82 bits per heavy atom. The van der Waals surface area contributed by atoms with E-state index in [4.69, 9.17) is 16.6 Å². The van der Waals surface area contributed by atoms with E-state index in [1.807, 2.05) is 32.9 Å². The topological polar surface area (TPSA) is 30.9 Å². The maximum absolute atomic E-state index is 6.14. The number of allylic oxidation sites excluding steroid dienone is 2. The molecule has 0 bridgehead atoms. The smallest absolute Gasteiger partial charge is 0.199 e. The van der Waals surface area contributed by atoms with Gasteiger partial charge in [-0.2, -0.15) is 0 Å². The van der Waals surface area contributed by atoms with Gasteiger partial charge in [0.15, 0.2) is 5.96 Å². The first-order valence-electron chi connectivity index (χ1n) is 10.1. The minimum absolute atomic E-state index is 0.0678. The normalized spacial score (nSPS) is 18.8. The molecule has 3 rings (SSSR count). The summed E-state index contributed by atoms with van der Waals surface area (Å²) in [6.07, 6.45) is 5.43. The summed E-state index contributed by atoms with van der Waals surface area (Å²) in [7, 11) is 2.16. The van der Waals surface area contributed by atoms with Crippen LogP contribution < -0.4 is 5.32 Å². The summed E-state index contributed by atoms with van der Waals surface area (Å²) < 4.78 is 0. The maximum atomic E-state index is 6.14. The molecule has 2 aliphatic heterocycles. The largest absolute Gasteiger partial charge is 0.340 e. The fourth-order valence-corrected chi connectivity index (χ4v) is 2.93. The van der Waals surface area contributed by atoms with Crippen LogP contribution in [-0.2, 0) is 0 Å². The Morgan fingerprint density at radius 3 is 2.36 bits per heavy atom. The number of piperazine rings is 1. The highest BCUT2D eigenvalue weighted by Crippen LogP contribution is 2.33. The van der Waals surface area contributed by atoms with Gasteiger partial charge in [-0.25, -0.2) is 4.99 Å². The molecule has 1 N–H and O–H groups in total. The highest BCUT2D eigenvalue weighted by atomic mass is 35.5. The van der Waals surface area contributed by atoms with Crippen molar-refractivity contribution in [1.82, 2.24) is 9.80 Å². The van der Waals surface area contributed by atoms with Crippen molar-refractivity contribution in [1.29, 1.82) is 0 Å². The highest BCUT2D eigenvalue weighted by Gasteiger charge is 2.24. The lowest BCUT2D eigenvalue weighted by atomic mass is 10.0. The molecule has 0 saturated carbocycles. The number of nitrogens with one attached hydrogen (secondary N) is 1. The number of hydrogen-bond donors (Lipinski definition) is 1. The van der Waals surface area contributed by atoms with Gasteiger partial charge in [0.25, 0.3) is 0 Å². The first kappa shape index (κ1) is 24.3. The van der Waals surface area contributed by atoms with Crippen LogP contribution in [0.4, 0.5) is 5.69 Å². The summed E-state index contributed by atoms with van der Waals surface area (Å²) in [6.45, 7) is 17.9. The van der Waals surface area contributed by atoms with Gasteiger partial charge in [-0.3, -0.25) is 0 Å². The fraction of sp³-hybridized carbons (Fsp3) is 0.522. The fourth-order valence-electron chi connectivity index (χ4n) is 2.76. The summed E-state index contributed by atoms with van der Waals surface area (Å²) in [5.74, 6) is 0.959. The van der Waals surface area contributed by atoms with Crippen molar-refractivity contribution in [2.75, 3.05) is 38.5 Å². The molecule has 0 aromatic heterocycles. The molecule has 2 aliphatic rings. The molecule has 156 valence electrons. The molecular formula is C23H37ClN4. The van der Waals surface area contributed by atoms with Gasteiger partial charge in [0.05, 0.1) is 6.04 Å². The first-order chi connectivity index (χ1) is 13.3. The van der Waals surface area contributed by atoms with Crippen LogP contribution in [0.1, 0.15) is 52.6 Å². The van der Waals surface area contributed by atoms with Crippen molar-refractivity contribution < 1.29 is 0 Å². The number of aliphatic imine (C=N–C) groups is 1. The molecule has 0 amide bonds. The summed E-state index contributed by atoms with van der Waals surface area (Å²) in [6, 6.07) is 6.03. The van der Waals surface area contributed by atoms with Gasteiger partial charge < -0.3 is 15.1 Å². The molecule has 1 saturated heterocycles. The number of halogens is 1. The van der Waals surface area contributed by atoms with Crippen molar-refractivity contribution in [3.8, 4) is 0 Å². The van der Waals surface area contributed by atoms with Crippen molar-refractivity contribution >= 4 is 23.2 Å². The van der Waals surface area contributed by atoms with E-state index in [-0.39, 0.29) is 6.04 Å². The van der Waals surface area contributed by atoms with Gasteiger partial charge in [-0.1, -0.05) is 55.7 Å². The van der Waals surface area contributed by atoms with Gasteiger partial charge in [0, 0.05) is 42.5 Å². The summed E-state index contributed by atoms with van der Waals surface area (Å²) in [5, 5.41) is 4.20. The van der Waals surface area contributed by atoms with Crippen molar-refractivity contribution in [2.24, 2.45) is 4.99 Å². The Kier molecular flexibility index (Phi) is 10.9. The van der Waals surface area contributed by atoms with Gasteiger partial charge in [0.1, 0.15) is 0 Å². The molecule has 0 spiro atoms. The molecule has 1 unspecified atom stereocenters. The zero-order chi connectivity index (χ0) is 21.1. The SMILES string of the molecule is C/C=C/C1N=C(N2CCN(C)CC2)Nc2cc(Cl)ccc21.C=C(C)C.CCC. The second-order valence-corrected chi connectivity index (χ2v) is 7.92. The predicted molar refractivity (Wildman–Crippen MR) is 126 cm³/mol. The number of fused-ring (bicyclic) bond motifs is 1. The Labute approximate surface area is 177 Å². The van der Waals surface area contributed by atoms with E-state index in [2.05, 4.69) is 60.8 Å². The molecule has 1 fully saturated rings. The van der Waals surface area contributed by atoms with Gasteiger partial charge in [-0.05, 0) is 40.0 Å². The van der Waals surface area contributed by atoms with Crippen LogP contribution in [0.5, 0.6) is 0 Å². The number of hydrogen-bond acceptors (Lipinski definition) is 4. The molecule has 2 heterocycles. The lowest BCUT2D eigenvalue weighted by Gasteiger charge is -2.37. The standard InChI is InChI=1S/C16H21ClN4.C4H8.C3H8/c1-3-4-14-13-6-5-12(17)11-15(13)19-16(18-14)21-9-7-20(2)8-10-21;1-4(2)3;1-3-2/h3-6,11,14H,7-10H2,1-2H3,(H,18,19);1H2,2-3H3;3H2,1-2H3/b4-3+;;. The average Bonchev–Trinajstić information content (AvgIpc) is 2.62. The zero-order valence-corrected chi connectivity index (χ0v) is 19.2. The van der Waals surface area contributed by atoms with E-state index in [0.29, 0.717) is 0 Å². The van der Waals surface area contributed by atoms with Crippen LogP contribution in [0.2, 0.25) is 5.02 Å². The molecule has 4 nitrogen and oxygen atoms in total. The van der Waals surface area contributed by atoms with E-state index in [1.54, 1.807) is 0 Å². The summed E-state index contributed by atoms with van der Waals surface area (Å²) in [5.41, 5.74) is 3.41. The van der Waals surface area contributed by atoms with E-state index in [1.165, 1.54) is 17.6 Å². The zero-order valence-electron chi connectivity index (χ0n) is 18.4. The van der Waals surface area contributed by atoms with Crippen molar-refractivity contribution in [3.63, 3.8) is 0 Å². The second kappa shape index (κ2) is 12.6. The Morgan fingerprint density at radius 1 is 1.25 bits per heavy atom. The number of rotatable bonds is 1. The van der Waals surface area contributed by atoms with Gasteiger partial charge >= 0.3 is 0 Å². The van der Waals surface area contributed by atoms with Crippen LogP contribution >= 0.6 is 11.6 Å². The monoisotopic (exact) mass is 404 g/mol. The highest BCUT2D eigenvalue weighted by molar-refractivity contribution is 6.31. The number of nitrogens with zero attached hydrogens (tertiary/aromatic N) is 3. The van der Waals surface area contributed by atoms with Crippen LogP contribution in [0.15, 0.2) is 47.5 Å².